The predicted molar refractivity (Wildman–Crippen MR) is 60.4 cm³/mol. The standard InChI is InChI=1S/C10H23NO2S/c1-9(2)5-4-6-10(3)7-8-14(11,12)13/h9-10H,4-8H2,1-3H3,(H2,11,12,13). The topological polar surface area (TPSA) is 60.2 Å². The molecule has 0 saturated carbocycles. The highest BCUT2D eigenvalue weighted by Crippen LogP contribution is 2.15. The van der Waals surface area contributed by atoms with Gasteiger partial charge in [0.05, 0.1) is 5.75 Å². The second-order valence-corrected chi connectivity index (χ2v) is 6.32. The molecule has 0 aromatic rings. The number of rotatable bonds is 7. The van der Waals surface area contributed by atoms with E-state index in [1.165, 1.54) is 12.8 Å². The molecule has 4 heteroatoms. The van der Waals surface area contributed by atoms with Crippen LogP contribution in [0.2, 0.25) is 0 Å². The van der Waals surface area contributed by atoms with Crippen LogP contribution < -0.4 is 5.14 Å². The third-order valence-electron chi connectivity index (χ3n) is 2.37. The fourth-order valence-corrected chi connectivity index (χ4v) is 2.12. The maximum atomic E-state index is 10.7. The number of nitrogens with two attached hydrogens (primary N) is 1. The number of primary sulfonamides is 1. The first-order chi connectivity index (χ1) is 6.31. The summed E-state index contributed by atoms with van der Waals surface area (Å²) in [6.45, 7) is 6.50. The van der Waals surface area contributed by atoms with Gasteiger partial charge in [0.25, 0.3) is 0 Å². The minimum Gasteiger partial charge on any atom is -0.229 e. The lowest BCUT2D eigenvalue weighted by atomic mass is 9.98. The molecule has 0 spiro atoms. The van der Waals surface area contributed by atoms with E-state index in [9.17, 15) is 8.42 Å². The van der Waals surface area contributed by atoms with Crippen molar-refractivity contribution >= 4 is 10.0 Å². The van der Waals surface area contributed by atoms with E-state index in [-0.39, 0.29) is 5.75 Å². The Morgan fingerprint density at radius 3 is 2.07 bits per heavy atom. The normalized spacial score (nSPS) is 14.6. The Hall–Kier alpha value is -0.0900. The highest BCUT2D eigenvalue weighted by Gasteiger charge is 2.08. The van der Waals surface area contributed by atoms with Crippen molar-refractivity contribution in [3.05, 3.63) is 0 Å². The van der Waals surface area contributed by atoms with Crippen molar-refractivity contribution in [2.24, 2.45) is 17.0 Å². The molecule has 0 heterocycles. The van der Waals surface area contributed by atoms with Crippen molar-refractivity contribution in [3.8, 4) is 0 Å². The molecular formula is C10H23NO2S. The zero-order valence-corrected chi connectivity index (χ0v) is 10.3. The molecule has 0 aliphatic heterocycles. The molecule has 0 amide bonds. The zero-order valence-electron chi connectivity index (χ0n) is 9.49. The maximum absolute atomic E-state index is 10.7. The molecule has 0 radical (unpaired) electrons. The highest BCUT2D eigenvalue weighted by atomic mass is 32.2. The van der Waals surface area contributed by atoms with Gasteiger partial charge in [0.1, 0.15) is 0 Å². The lowest BCUT2D eigenvalue weighted by Crippen LogP contribution is -2.18. The summed E-state index contributed by atoms with van der Waals surface area (Å²) >= 11 is 0. The lowest BCUT2D eigenvalue weighted by molar-refractivity contribution is 0.448. The van der Waals surface area contributed by atoms with Gasteiger partial charge in [-0.15, -0.1) is 0 Å². The summed E-state index contributed by atoms with van der Waals surface area (Å²) in [4.78, 5) is 0. The number of hydrogen-bond acceptors (Lipinski definition) is 2. The monoisotopic (exact) mass is 221 g/mol. The van der Waals surface area contributed by atoms with Crippen LogP contribution in [0.25, 0.3) is 0 Å². The summed E-state index contributed by atoms with van der Waals surface area (Å²) in [5.41, 5.74) is 0. The quantitative estimate of drug-likeness (QED) is 0.716. The summed E-state index contributed by atoms with van der Waals surface area (Å²) in [7, 11) is -3.26. The summed E-state index contributed by atoms with van der Waals surface area (Å²) in [6.07, 6.45) is 4.20. The molecule has 3 nitrogen and oxygen atoms in total. The first kappa shape index (κ1) is 13.9. The molecule has 14 heavy (non-hydrogen) atoms. The Kier molecular flexibility index (Phi) is 6.36. The van der Waals surface area contributed by atoms with Crippen LogP contribution in [0.4, 0.5) is 0 Å². The molecule has 0 aliphatic carbocycles. The number of sulfonamides is 1. The molecule has 0 aromatic carbocycles. The van der Waals surface area contributed by atoms with E-state index in [0.29, 0.717) is 12.3 Å². The van der Waals surface area contributed by atoms with E-state index in [4.69, 9.17) is 5.14 Å². The van der Waals surface area contributed by atoms with Gasteiger partial charge < -0.3 is 0 Å². The molecule has 2 N–H and O–H groups in total. The van der Waals surface area contributed by atoms with Crippen LogP contribution in [0, 0.1) is 11.8 Å². The second kappa shape index (κ2) is 6.40. The molecule has 1 unspecified atom stereocenters. The van der Waals surface area contributed by atoms with Crippen molar-refractivity contribution in [1.29, 1.82) is 0 Å². The van der Waals surface area contributed by atoms with E-state index in [2.05, 4.69) is 20.8 Å². The van der Waals surface area contributed by atoms with Crippen LogP contribution in [0.1, 0.15) is 46.5 Å². The molecule has 0 aliphatic rings. The van der Waals surface area contributed by atoms with Gasteiger partial charge in [0, 0.05) is 0 Å². The van der Waals surface area contributed by atoms with Crippen LogP contribution in [0.3, 0.4) is 0 Å². The molecule has 0 rings (SSSR count). The van der Waals surface area contributed by atoms with Crippen LogP contribution in [0.15, 0.2) is 0 Å². The van der Waals surface area contributed by atoms with Crippen LogP contribution in [0.5, 0.6) is 0 Å². The second-order valence-electron chi connectivity index (χ2n) is 4.59. The van der Waals surface area contributed by atoms with Gasteiger partial charge in [-0.2, -0.15) is 0 Å². The molecule has 1 atom stereocenters. The first-order valence-electron chi connectivity index (χ1n) is 5.31. The summed E-state index contributed by atoms with van der Waals surface area (Å²) in [5, 5.41) is 4.93. The Labute approximate surface area is 88.1 Å². The fourth-order valence-electron chi connectivity index (χ4n) is 1.38. The summed E-state index contributed by atoms with van der Waals surface area (Å²) in [6, 6.07) is 0. The molecule has 0 bridgehead atoms. The lowest BCUT2D eigenvalue weighted by Gasteiger charge is -2.11. The van der Waals surface area contributed by atoms with Crippen LogP contribution in [-0.2, 0) is 10.0 Å². The third kappa shape index (κ3) is 9.99. The smallest absolute Gasteiger partial charge is 0.209 e. The van der Waals surface area contributed by atoms with Gasteiger partial charge in [0.15, 0.2) is 0 Å². The van der Waals surface area contributed by atoms with E-state index in [1.54, 1.807) is 0 Å². The van der Waals surface area contributed by atoms with Gasteiger partial charge in [-0.05, 0) is 18.3 Å². The average Bonchev–Trinajstić information content (AvgIpc) is 1.99. The van der Waals surface area contributed by atoms with Crippen LogP contribution in [-0.4, -0.2) is 14.2 Å². The molecule has 0 fully saturated rings. The SMILES string of the molecule is CC(C)CCCC(C)CCS(N)(=O)=O. The maximum Gasteiger partial charge on any atom is 0.209 e. The van der Waals surface area contributed by atoms with Gasteiger partial charge >= 0.3 is 0 Å². The largest absolute Gasteiger partial charge is 0.229 e. The van der Waals surface area contributed by atoms with Crippen molar-refractivity contribution in [3.63, 3.8) is 0 Å². The Bertz CT molecular complexity index is 235. The van der Waals surface area contributed by atoms with Gasteiger partial charge in [-0.3, -0.25) is 0 Å². The minimum atomic E-state index is -3.26. The van der Waals surface area contributed by atoms with Gasteiger partial charge in [-0.1, -0.05) is 40.0 Å². The van der Waals surface area contributed by atoms with Crippen molar-refractivity contribution in [1.82, 2.24) is 0 Å². The van der Waals surface area contributed by atoms with Gasteiger partial charge in [0.2, 0.25) is 10.0 Å². The fraction of sp³-hybridized carbons (Fsp3) is 1.00. The first-order valence-corrected chi connectivity index (χ1v) is 7.03. The number of hydrogen-bond donors (Lipinski definition) is 1. The molecule has 86 valence electrons. The van der Waals surface area contributed by atoms with E-state index < -0.39 is 10.0 Å². The van der Waals surface area contributed by atoms with Crippen molar-refractivity contribution in [2.45, 2.75) is 46.5 Å². The van der Waals surface area contributed by atoms with E-state index >= 15 is 0 Å². The Morgan fingerprint density at radius 1 is 1.07 bits per heavy atom. The van der Waals surface area contributed by atoms with Gasteiger partial charge in [-0.25, -0.2) is 13.6 Å². The van der Waals surface area contributed by atoms with Crippen LogP contribution >= 0.6 is 0 Å². The van der Waals surface area contributed by atoms with Crippen molar-refractivity contribution in [2.75, 3.05) is 5.75 Å². The molecule has 0 saturated heterocycles. The third-order valence-corrected chi connectivity index (χ3v) is 3.18. The van der Waals surface area contributed by atoms with E-state index in [1.807, 2.05) is 0 Å². The van der Waals surface area contributed by atoms with Crippen molar-refractivity contribution < 1.29 is 8.42 Å². The summed E-state index contributed by atoms with van der Waals surface area (Å²) < 4.78 is 21.4. The van der Waals surface area contributed by atoms with E-state index in [0.717, 1.165) is 12.3 Å². The summed E-state index contributed by atoms with van der Waals surface area (Å²) in [5.74, 6) is 1.32. The minimum absolute atomic E-state index is 0.121. The molecular weight excluding hydrogens is 198 g/mol. The predicted octanol–water partition coefficient (Wildman–Crippen LogP) is 2.13. The Morgan fingerprint density at radius 2 is 1.64 bits per heavy atom. The Balaban J connectivity index is 3.51. The average molecular weight is 221 g/mol. The zero-order chi connectivity index (χ0) is 11.2. The highest BCUT2D eigenvalue weighted by molar-refractivity contribution is 7.89. The molecule has 0 aromatic heterocycles.